The summed E-state index contributed by atoms with van der Waals surface area (Å²) in [7, 11) is 0. The lowest BCUT2D eigenvalue weighted by molar-refractivity contribution is -0.384. The fourth-order valence-electron chi connectivity index (χ4n) is 1.63. The van der Waals surface area contributed by atoms with E-state index in [1.54, 1.807) is 18.2 Å². The number of non-ortho nitro benzene ring substituents is 1. The summed E-state index contributed by atoms with van der Waals surface area (Å²) < 4.78 is 0.559. The molecule has 0 radical (unpaired) electrons. The molecule has 17 heavy (non-hydrogen) atoms. The number of hydrogen-bond donors (Lipinski definition) is 0. The highest BCUT2D eigenvalue weighted by Crippen LogP contribution is 2.30. The predicted molar refractivity (Wildman–Crippen MR) is 62.6 cm³/mol. The number of aromatic carboxylic acids is 1. The van der Waals surface area contributed by atoms with Crippen molar-refractivity contribution in [1.82, 2.24) is 0 Å². The second-order valence-corrected chi connectivity index (χ2v) is 4.23. The van der Waals surface area contributed by atoms with Crippen LogP contribution < -0.4 is 5.11 Å². The smallest absolute Gasteiger partial charge is 0.270 e. The number of carbonyl (C=O) groups excluding carboxylic acids is 1. The zero-order chi connectivity index (χ0) is 12.6. The Labute approximate surface area is 104 Å². The Bertz CT molecular complexity index is 639. The van der Waals surface area contributed by atoms with Gasteiger partial charge in [0.1, 0.15) is 0 Å². The Kier molecular flexibility index (Phi) is 2.81. The first-order chi connectivity index (χ1) is 8.00. The molecule has 0 spiro atoms. The summed E-state index contributed by atoms with van der Waals surface area (Å²) in [6.07, 6.45) is 0. The molecule has 0 saturated carbocycles. The first kappa shape index (κ1) is 11.5. The van der Waals surface area contributed by atoms with Crippen LogP contribution in [0, 0.1) is 10.1 Å². The Morgan fingerprint density at radius 3 is 2.59 bits per heavy atom. The Balaban J connectivity index is 2.91. The molecule has 0 aliphatic carbocycles. The number of carboxylic acids is 1. The number of halogens is 1. The Morgan fingerprint density at radius 1 is 1.29 bits per heavy atom. The zero-order valence-electron chi connectivity index (χ0n) is 8.34. The van der Waals surface area contributed by atoms with Crippen LogP contribution in [0.25, 0.3) is 10.8 Å². The summed E-state index contributed by atoms with van der Waals surface area (Å²) >= 11 is 3.22. The molecule has 0 atom stereocenters. The van der Waals surface area contributed by atoms with Crippen LogP contribution in [-0.2, 0) is 0 Å². The largest absolute Gasteiger partial charge is 0.545 e. The number of nitro benzene ring substituents is 1. The maximum absolute atomic E-state index is 11.0. The summed E-state index contributed by atoms with van der Waals surface area (Å²) in [5.74, 6) is -1.44. The van der Waals surface area contributed by atoms with Crippen molar-refractivity contribution in [2.75, 3.05) is 0 Å². The number of benzene rings is 2. The average Bonchev–Trinajstić information content (AvgIpc) is 2.27. The molecule has 2 rings (SSSR count). The predicted octanol–water partition coefficient (Wildman–Crippen LogP) is 1.87. The molecule has 0 aromatic heterocycles. The lowest BCUT2D eigenvalue weighted by atomic mass is 10.0. The quantitative estimate of drug-likeness (QED) is 0.625. The second kappa shape index (κ2) is 4.14. The monoisotopic (exact) mass is 294 g/mol. The zero-order valence-corrected chi connectivity index (χ0v) is 9.93. The third-order valence-corrected chi connectivity index (χ3v) is 3.00. The molecule has 0 N–H and O–H groups in total. The van der Waals surface area contributed by atoms with Crippen LogP contribution in [-0.4, -0.2) is 10.9 Å². The van der Waals surface area contributed by atoms with Crippen molar-refractivity contribution in [3.05, 3.63) is 50.5 Å². The molecule has 0 unspecified atom stereocenters. The highest BCUT2D eigenvalue weighted by atomic mass is 79.9. The van der Waals surface area contributed by atoms with E-state index < -0.39 is 10.9 Å². The normalized spacial score (nSPS) is 10.4. The Hall–Kier alpha value is -1.95. The van der Waals surface area contributed by atoms with Crippen molar-refractivity contribution < 1.29 is 14.8 Å². The van der Waals surface area contributed by atoms with Crippen LogP contribution in [0.4, 0.5) is 5.69 Å². The van der Waals surface area contributed by atoms with Gasteiger partial charge in [0.2, 0.25) is 0 Å². The summed E-state index contributed by atoms with van der Waals surface area (Å²) in [5.41, 5.74) is -0.462. The number of nitro groups is 1. The molecule has 0 amide bonds. The van der Waals surface area contributed by atoms with Crippen molar-refractivity contribution in [3.8, 4) is 0 Å². The fourth-order valence-corrected chi connectivity index (χ4v) is 2.23. The number of carbonyl (C=O) groups is 1. The van der Waals surface area contributed by atoms with Crippen LogP contribution >= 0.6 is 15.9 Å². The lowest BCUT2D eigenvalue weighted by Crippen LogP contribution is -2.22. The number of carboxylic acid groups (broad SMARTS) is 1. The van der Waals surface area contributed by atoms with Gasteiger partial charge in [-0.1, -0.05) is 28.1 Å². The number of rotatable bonds is 2. The molecule has 0 bridgehead atoms. The molecule has 2 aromatic rings. The van der Waals surface area contributed by atoms with Crippen LogP contribution in [0.2, 0.25) is 0 Å². The highest BCUT2D eigenvalue weighted by Gasteiger charge is 2.13. The summed E-state index contributed by atoms with van der Waals surface area (Å²) in [5, 5.41) is 22.6. The first-order valence-corrected chi connectivity index (χ1v) is 5.38. The van der Waals surface area contributed by atoms with Crippen LogP contribution in [0.5, 0.6) is 0 Å². The van der Waals surface area contributed by atoms with Gasteiger partial charge in [-0.25, -0.2) is 0 Å². The topological polar surface area (TPSA) is 83.3 Å². The highest BCUT2D eigenvalue weighted by molar-refractivity contribution is 9.10. The lowest BCUT2D eigenvalue weighted by Gasteiger charge is -2.09. The molecule has 5 nitrogen and oxygen atoms in total. The average molecular weight is 295 g/mol. The molecular weight excluding hydrogens is 290 g/mol. The molecular formula is C11H5BrNO4-. The van der Waals surface area contributed by atoms with E-state index in [1.165, 1.54) is 6.07 Å². The van der Waals surface area contributed by atoms with E-state index in [0.717, 1.165) is 6.07 Å². The van der Waals surface area contributed by atoms with Gasteiger partial charge >= 0.3 is 0 Å². The molecule has 0 aliphatic rings. The van der Waals surface area contributed by atoms with Gasteiger partial charge in [-0.15, -0.1) is 0 Å². The minimum absolute atomic E-state index is 0.193. The number of nitrogens with zero attached hydrogens (tertiary/aromatic N) is 1. The van der Waals surface area contributed by atoms with E-state index in [4.69, 9.17) is 0 Å². The second-order valence-electron chi connectivity index (χ2n) is 3.38. The molecule has 0 saturated heterocycles. The summed E-state index contributed by atoms with van der Waals surface area (Å²) in [6, 6.07) is 7.28. The molecule has 2 aromatic carbocycles. The van der Waals surface area contributed by atoms with Crippen LogP contribution in [0.3, 0.4) is 0 Å². The molecule has 0 fully saturated rings. The third kappa shape index (κ3) is 1.99. The minimum Gasteiger partial charge on any atom is -0.545 e. The van der Waals surface area contributed by atoms with Gasteiger partial charge in [-0.3, -0.25) is 10.1 Å². The van der Waals surface area contributed by atoms with Gasteiger partial charge in [0.25, 0.3) is 5.69 Å². The van der Waals surface area contributed by atoms with Crippen molar-refractivity contribution >= 4 is 38.4 Å². The van der Waals surface area contributed by atoms with Gasteiger partial charge in [-0.05, 0) is 11.5 Å². The van der Waals surface area contributed by atoms with E-state index in [0.29, 0.717) is 15.2 Å². The SMILES string of the molecule is O=C([O-])c1cc([N+](=O)[O-])cc2cccc(Br)c12. The number of fused-ring (bicyclic) bond motifs is 1. The van der Waals surface area contributed by atoms with Gasteiger partial charge < -0.3 is 9.90 Å². The van der Waals surface area contributed by atoms with Crippen molar-refractivity contribution in [1.29, 1.82) is 0 Å². The van der Waals surface area contributed by atoms with E-state index in [2.05, 4.69) is 15.9 Å². The molecule has 0 heterocycles. The minimum atomic E-state index is -1.44. The van der Waals surface area contributed by atoms with Crippen LogP contribution in [0.15, 0.2) is 34.8 Å². The van der Waals surface area contributed by atoms with Crippen molar-refractivity contribution in [2.45, 2.75) is 0 Å². The van der Waals surface area contributed by atoms with Crippen molar-refractivity contribution in [3.63, 3.8) is 0 Å². The van der Waals surface area contributed by atoms with Gasteiger partial charge in [0.05, 0.1) is 10.9 Å². The maximum Gasteiger partial charge on any atom is 0.270 e. The molecule has 0 aliphatic heterocycles. The van der Waals surface area contributed by atoms with E-state index in [-0.39, 0.29) is 11.3 Å². The molecule has 86 valence electrons. The maximum atomic E-state index is 11.0. The van der Waals surface area contributed by atoms with E-state index in [9.17, 15) is 20.0 Å². The van der Waals surface area contributed by atoms with Gasteiger partial charge in [0, 0.05) is 27.6 Å². The van der Waals surface area contributed by atoms with Gasteiger partial charge in [-0.2, -0.15) is 0 Å². The summed E-state index contributed by atoms with van der Waals surface area (Å²) in [4.78, 5) is 21.0. The fraction of sp³-hybridized carbons (Fsp3) is 0. The third-order valence-electron chi connectivity index (χ3n) is 2.34. The van der Waals surface area contributed by atoms with Crippen molar-refractivity contribution in [2.24, 2.45) is 0 Å². The Morgan fingerprint density at radius 2 is 2.00 bits per heavy atom. The van der Waals surface area contributed by atoms with Crippen LogP contribution in [0.1, 0.15) is 10.4 Å². The standard InChI is InChI=1S/C11H6BrNO4/c12-9-3-1-2-6-4-7(13(16)17)5-8(10(6)9)11(14)15/h1-5H,(H,14,15)/p-1. The van der Waals surface area contributed by atoms with E-state index >= 15 is 0 Å². The van der Waals surface area contributed by atoms with Gasteiger partial charge in [0.15, 0.2) is 0 Å². The summed E-state index contributed by atoms with van der Waals surface area (Å²) in [6.45, 7) is 0. The first-order valence-electron chi connectivity index (χ1n) is 4.58. The van der Waals surface area contributed by atoms with E-state index in [1.807, 2.05) is 0 Å². The molecule has 6 heteroatoms. The number of hydrogen-bond acceptors (Lipinski definition) is 4.